The van der Waals surface area contributed by atoms with Crippen LogP contribution in [0.25, 0.3) is 22.3 Å². The smallest absolute Gasteiger partial charge is 0.204 e. The van der Waals surface area contributed by atoms with Gasteiger partial charge in [-0.2, -0.15) is 4.80 Å². The fraction of sp³-hybridized carbons (Fsp3) is 0.357. The van der Waals surface area contributed by atoms with Gasteiger partial charge in [-0.25, -0.2) is 0 Å². The zero-order valence-corrected chi connectivity index (χ0v) is 11.6. The minimum Gasteiger partial charge on any atom is -0.350 e. The van der Waals surface area contributed by atoms with Gasteiger partial charge in [-0.3, -0.25) is 0 Å². The van der Waals surface area contributed by atoms with E-state index < -0.39 is 0 Å². The molecule has 0 unspecified atom stereocenters. The van der Waals surface area contributed by atoms with Gasteiger partial charge in [-0.05, 0) is 22.8 Å². The summed E-state index contributed by atoms with van der Waals surface area (Å²) in [5.41, 5.74) is 3.57. The highest BCUT2D eigenvalue weighted by Gasteiger charge is 2.12. The van der Waals surface area contributed by atoms with Crippen molar-refractivity contribution in [3.05, 3.63) is 30.0 Å². The van der Waals surface area contributed by atoms with Crippen molar-refractivity contribution in [1.82, 2.24) is 24.8 Å². The third-order valence-electron chi connectivity index (χ3n) is 3.41. The molecule has 5 heteroatoms. The molecule has 3 aromatic rings. The van der Waals surface area contributed by atoms with Gasteiger partial charge in [0, 0.05) is 29.7 Å². The van der Waals surface area contributed by atoms with E-state index in [1.165, 1.54) is 21.3 Å². The van der Waals surface area contributed by atoms with Crippen molar-refractivity contribution in [2.45, 2.75) is 19.8 Å². The Kier molecular flexibility index (Phi) is 2.62. The molecule has 3 rings (SSSR count). The summed E-state index contributed by atoms with van der Waals surface area (Å²) in [6.07, 6.45) is 2.20. The van der Waals surface area contributed by atoms with Crippen LogP contribution in [0.5, 0.6) is 0 Å². The molecule has 0 bridgehead atoms. The highest BCUT2D eigenvalue weighted by Crippen LogP contribution is 2.29. The van der Waals surface area contributed by atoms with Crippen molar-refractivity contribution in [1.29, 1.82) is 0 Å². The van der Waals surface area contributed by atoms with E-state index in [0.29, 0.717) is 11.7 Å². The van der Waals surface area contributed by atoms with Crippen LogP contribution < -0.4 is 0 Å². The molecule has 0 N–H and O–H groups in total. The Labute approximate surface area is 111 Å². The lowest BCUT2D eigenvalue weighted by Gasteiger charge is -2.02. The van der Waals surface area contributed by atoms with Crippen LogP contribution in [0.3, 0.4) is 0 Å². The quantitative estimate of drug-likeness (QED) is 0.707. The van der Waals surface area contributed by atoms with Crippen LogP contribution in [0.2, 0.25) is 0 Å². The van der Waals surface area contributed by atoms with Crippen LogP contribution >= 0.6 is 0 Å². The number of nitrogens with zero attached hydrogens (tertiary/aromatic N) is 5. The minimum atomic E-state index is 0.518. The topological polar surface area (TPSA) is 48.5 Å². The Bertz CT molecular complexity index is 735. The molecule has 2 aromatic heterocycles. The van der Waals surface area contributed by atoms with Gasteiger partial charge in [0.25, 0.3) is 0 Å². The second kappa shape index (κ2) is 4.19. The lowest BCUT2D eigenvalue weighted by atomic mass is 10.0. The van der Waals surface area contributed by atoms with E-state index >= 15 is 0 Å². The Hall–Kier alpha value is -2.17. The summed E-state index contributed by atoms with van der Waals surface area (Å²) in [7, 11) is 3.84. The Morgan fingerprint density at radius 1 is 1.16 bits per heavy atom. The van der Waals surface area contributed by atoms with Crippen molar-refractivity contribution in [2.24, 2.45) is 14.1 Å². The van der Waals surface area contributed by atoms with Gasteiger partial charge in [-0.1, -0.05) is 26.0 Å². The summed E-state index contributed by atoms with van der Waals surface area (Å²) in [4.78, 5) is 1.48. The van der Waals surface area contributed by atoms with Gasteiger partial charge in [-0.15, -0.1) is 10.2 Å². The average Bonchev–Trinajstić information content (AvgIpc) is 2.94. The maximum absolute atomic E-state index is 4.24. The van der Waals surface area contributed by atoms with Crippen molar-refractivity contribution >= 4 is 10.9 Å². The highest BCUT2D eigenvalue weighted by molar-refractivity contribution is 5.87. The van der Waals surface area contributed by atoms with E-state index in [0.717, 1.165) is 5.56 Å². The zero-order valence-electron chi connectivity index (χ0n) is 11.6. The lowest BCUT2D eigenvalue weighted by molar-refractivity contribution is 0.630. The molecule has 0 aliphatic rings. The Morgan fingerprint density at radius 3 is 2.58 bits per heavy atom. The molecule has 5 nitrogen and oxygen atoms in total. The molecule has 1 aromatic carbocycles. The molecule has 0 saturated heterocycles. The number of hydrogen-bond donors (Lipinski definition) is 0. The van der Waals surface area contributed by atoms with Crippen molar-refractivity contribution < 1.29 is 0 Å². The molecule has 0 aliphatic heterocycles. The third kappa shape index (κ3) is 1.91. The van der Waals surface area contributed by atoms with Crippen LogP contribution in [0, 0.1) is 0 Å². The van der Waals surface area contributed by atoms with Crippen molar-refractivity contribution in [3.8, 4) is 11.4 Å². The first-order valence-corrected chi connectivity index (χ1v) is 6.39. The minimum absolute atomic E-state index is 0.518. The Balaban J connectivity index is 2.19. The molecular formula is C14H17N5. The fourth-order valence-electron chi connectivity index (χ4n) is 2.41. The first-order valence-electron chi connectivity index (χ1n) is 6.39. The van der Waals surface area contributed by atoms with Gasteiger partial charge in [0.1, 0.15) is 0 Å². The van der Waals surface area contributed by atoms with Gasteiger partial charge in [0.15, 0.2) is 0 Å². The van der Waals surface area contributed by atoms with Crippen molar-refractivity contribution in [3.63, 3.8) is 0 Å². The van der Waals surface area contributed by atoms with E-state index in [9.17, 15) is 0 Å². The fourth-order valence-corrected chi connectivity index (χ4v) is 2.41. The van der Waals surface area contributed by atoms with Gasteiger partial charge in [0.05, 0.1) is 7.05 Å². The predicted molar refractivity (Wildman–Crippen MR) is 74.8 cm³/mol. The molecular weight excluding hydrogens is 238 g/mol. The number of aromatic nitrogens is 5. The summed E-state index contributed by atoms with van der Waals surface area (Å²) in [6, 6.07) is 6.33. The SMILES string of the molecule is CC(C)c1cn(C)c2cc(-c3nnn(C)n3)ccc12. The normalized spacial score (nSPS) is 11.6. The van der Waals surface area contributed by atoms with Crippen LogP contribution in [0.1, 0.15) is 25.3 Å². The molecule has 0 amide bonds. The number of aryl methyl sites for hydroxylation is 2. The van der Waals surface area contributed by atoms with E-state index in [4.69, 9.17) is 0 Å². The predicted octanol–water partition coefficient (Wildman–Crippen LogP) is 2.49. The molecule has 19 heavy (non-hydrogen) atoms. The van der Waals surface area contributed by atoms with Crippen LogP contribution in [0.15, 0.2) is 24.4 Å². The van der Waals surface area contributed by atoms with Gasteiger partial charge >= 0.3 is 0 Å². The molecule has 0 spiro atoms. The molecule has 0 radical (unpaired) electrons. The number of tetrazole rings is 1. The van der Waals surface area contributed by atoms with Crippen LogP contribution in [-0.2, 0) is 14.1 Å². The maximum atomic E-state index is 4.24. The van der Waals surface area contributed by atoms with Crippen molar-refractivity contribution in [2.75, 3.05) is 0 Å². The van der Waals surface area contributed by atoms with Gasteiger partial charge < -0.3 is 4.57 Å². The summed E-state index contributed by atoms with van der Waals surface area (Å²) in [6.45, 7) is 4.43. The second-order valence-corrected chi connectivity index (χ2v) is 5.18. The first-order chi connectivity index (χ1) is 9.06. The molecule has 0 aliphatic carbocycles. The summed E-state index contributed by atoms with van der Waals surface area (Å²) in [5.74, 6) is 1.18. The molecule has 0 saturated carbocycles. The average molecular weight is 255 g/mol. The van der Waals surface area contributed by atoms with Crippen LogP contribution in [0.4, 0.5) is 0 Å². The van der Waals surface area contributed by atoms with E-state index in [1.807, 2.05) is 0 Å². The summed E-state index contributed by atoms with van der Waals surface area (Å²) in [5, 5.41) is 13.5. The van der Waals surface area contributed by atoms with E-state index in [-0.39, 0.29) is 0 Å². The number of benzene rings is 1. The maximum Gasteiger partial charge on any atom is 0.204 e. The first kappa shape index (κ1) is 11.9. The number of hydrogen-bond acceptors (Lipinski definition) is 3. The standard InChI is InChI=1S/C14H17N5/c1-9(2)12-8-18(3)13-7-10(5-6-11(12)13)14-15-17-19(4)16-14/h5-9H,1-4H3. The number of fused-ring (bicyclic) bond motifs is 1. The summed E-state index contributed by atoms with van der Waals surface area (Å²) < 4.78 is 2.16. The van der Waals surface area contributed by atoms with Crippen LogP contribution in [-0.4, -0.2) is 24.8 Å². The lowest BCUT2D eigenvalue weighted by Crippen LogP contribution is -1.92. The molecule has 0 atom stereocenters. The molecule has 0 fully saturated rings. The Morgan fingerprint density at radius 2 is 1.95 bits per heavy atom. The third-order valence-corrected chi connectivity index (χ3v) is 3.41. The van der Waals surface area contributed by atoms with Gasteiger partial charge in [0.2, 0.25) is 5.82 Å². The monoisotopic (exact) mass is 255 g/mol. The largest absolute Gasteiger partial charge is 0.350 e. The zero-order chi connectivity index (χ0) is 13.6. The molecule has 2 heterocycles. The molecule has 98 valence electrons. The van der Waals surface area contributed by atoms with E-state index in [2.05, 4.69) is 65.3 Å². The summed E-state index contributed by atoms with van der Waals surface area (Å²) >= 11 is 0. The number of rotatable bonds is 2. The van der Waals surface area contributed by atoms with E-state index in [1.54, 1.807) is 7.05 Å². The second-order valence-electron chi connectivity index (χ2n) is 5.18. The highest BCUT2D eigenvalue weighted by atomic mass is 15.6.